The molecule has 4 rings (SSSR count). The van der Waals surface area contributed by atoms with Gasteiger partial charge in [-0.25, -0.2) is 4.98 Å². The van der Waals surface area contributed by atoms with E-state index >= 15 is 0 Å². The molecule has 1 aromatic heterocycles. The molecule has 3 aromatic rings. The highest BCUT2D eigenvalue weighted by Crippen LogP contribution is 2.23. The number of hydrogen-bond acceptors (Lipinski definition) is 5. The van der Waals surface area contributed by atoms with E-state index in [9.17, 15) is 9.59 Å². The highest BCUT2D eigenvalue weighted by atomic mass is 127. The molecule has 2 N–H and O–H groups in total. The van der Waals surface area contributed by atoms with Crippen LogP contribution in [0, 0.1) is 10.5 Å². The largest absolute Gasteiger partial charge is 0.358 e. The third kappa shape index (κ3) is 4.80. The number of hydrogen-bond donors (Lipinski definition) is 2. The first-order valence-corrected chi connectivity index (χ1v) is 11.2. The molecule has 0 aliphatic carbocycles. The Morgan fingerprint density at radius 1 is 1.00 bits per heavy atom. The van der Waals surface area contributed by atoms with Gasteiger partial charge < -0.3 is 15.5 Å². The van der Waals surface area contributed by atoms with Crippen molar-refractivity contribution in [2.75, 3.05) is 30.8 Å². The molecule has 7 nitrogen and oxygen atoms in total. The first-order valence-electron chi connectivity index (χ1n) is 10.1. The molecule has 162 valence electrons. The van der Waals surface area contributed by atoms with E-state index in [1.54, 1.807) is 36.5 Å². The number of aromatic nitrogens is 1. The van der Waals surface area contributed by atoms with Crippen LogP contribution in [0.1, 0.15) is 31.8 Å². The van der Waals surface area contributed by atoms with Crippen molar-refractivity contribution >= 4 is 51.7 Å². The molecule has 1 aliphatic rings. The molecular formula is C24H22IN5O2. The number of anilines is 2. The maximum atomic E-state index is 12.9. The number of rotatable bonds is 5. The van der Waals surface area contributed by atoms with Crippen LogP contribution in [-0.4, -0.2) is 47.7 Å². The van der Waals surface area contributed by atoms with Crippen LogP contribution in [0.5, 0.6) is 0 Å². The Hall–Kier alpha value is -3.27. The van der Waals surface area contributed by atoms with Gasteiger partial charge in [-0.2, -0.15) is 0 Å². The van der Waals surface area contributed by atoms with Crippen LogP contribution in [0.25, 0.3) is 0 Å². The van der Waals surface area contributed by atoms with Gasteiger partial charge in [-0.05, 0) is 65.4 Å². The summed E-state index contributed by atoms with van der Waals surface area (Å²) in [6, 6.07) is 16.2. The number of pyridine rings is 1. The first kappa shape index (κ1) is 21.9. The minimum absolute atomic E-state index is 0.283. The van der Waals surface area contributed by atoms with Crippen LogP contribution in [-0.2, 0) is 0 Å². The van der Waals surface area contributed by atoms with Crippen LogP contribution in [0.4, 0.5) is 11.5 Å². The maximum Gasteiger partial charge on any atom is 0.258 e. The lowest BCUT2D eigenvalue weighted by Gasteiger charge is -2.15. The molecular weight excluding hydrogens is 517 g/mol. The molecule has 0 spiro atoms. The summed E-state index contributed by atoms with van der Waals surface area (Å²) >= 11 is 2.15. The fourth-order valence-electron chi connectivity index (χ4n) is 3.46. The van der Waals surface area contributed by atoms with Gasteiger partial charge in [-0.3, -0.25) is 14.6 Å². The number of aryl methyl sites for hydroxylation is 1. The van der Waals surface area contributed by atoms with Crippen molar-refractivity contribution < 1.29 is 9.59 Å². The van der Waals surface area contributed by atoms with E-state index in [0.717, 1.165) is 33.6 Å². The number of amides is 2. The number of aliphatic imine (C=N–C) groups is 1. The van der Waals surface area contributed by atoms with Crippen LogP contribution >= 0.6 is 22.6 Å². The number of nitrogens with zero attached hydrogens (tertiary/aromatic N) is 3. The number of nitrogens with one attached hydrogen (secondary N) is 2. The summed E-state index contributed by atoms with van der Waals surface area (Å²) in [5, 5.41) is 5.69. The zero-order valence-corrected chi connectivity index (χ0v) is 19.9. The highest BCUT2D eigenvalue weighted by molar-refractivity contribution is 14.1. The van der Waals surface area contributed by atoms with Crippen molar-refractivity contribution in [1.82, 2.24) is 9.88 Å². The fraction of sp³-hybridized carbons (Fsp3) is 0.167. The van der Waals surface area contributed by atoms with Crippen LogP contribution in [0.3, 0.4) is 0 Å². The molecule has 2 heterocycles. The highest BCUT2D eigenvalue weighted by Gasteiger charge is 2.18. The van der Waals surface area contributed by atoms with Gasteiger partial charge in [0.2, 0.25) is 0 Å². The van der Waals surface area contributed by atoms with Gasteiger partial charge >= 0.3 is 0 Å². The average Bonchev–Trinajstić information content (AvgIpc) is 3.22. The van der Waals surface area contributed by atoms with Gasteiger partial charge in [0, 0.05) is 34.5 Å². The molecule has 0 fully saturated rings. The Morgan fingerprint density at radius 2 is 1.78 bits per heavy atom. The summed E-state index contributed by atoms with van der Waals surface area (Å²) in [5.41, 5.74) is 3.12. The molecule has 0 saturated heterocycles. The lowest BCUT2D eigenvalue weighted by molar-refractivity contribution is 0.102. The minimum Gasteiger partial charge on any atom is -0.358 e. The van der Waals surface area contributed by atoms with E-state index in [1.165, 1.54) is 0 Å². The summed E-state index contributed by atoms with van der Waals surface area (Å²) in [7, 11) is 2.00. The normalized spacial score (nSPS) is 13.0. The molecule has 8 heteroatoms. The van der Waals surface area contributed by atoms with E-state index in [1.807, 2.05) is 38.2 Å². The average molecular weight is 539 g/mol. The van der Waals surface area contributed by atoms with Gasteiger partial charge in [0.15, 0.2) is 0 Å². The molecule has 0 unspecified atom stereocenters. The first-order chi connectivity index (χ1) is 15.4. The maximum absolute atomic E-state index is 12.9. The summed E-state index contributed by atoms with van der Waals surface area (Å²) in [6.07, 6.45) is 1.67. The topological polar surface area (TPSA) is 86.7 Å². The summed E-state index contributed by atoms with van der Waals surface area (Å²) in [5.74, 6) is 0.757. The monoisotopic (exact) mass is 539 g/mol. The van der Waals surface area contributed by atoms with Crippen molar-refractivity contribution in [2.24, 2.45) is 4.99 Å². The summed E-state index contributed by atoms with van der Waals surface area (Å²) in [4.78, 5) is 36.6. The van der Waals surface area contributed by atoms with Crippen molar-refractivity contribution in [2.45, 2.75) is 6.92 Å². The SMILES string of the molecule is Cc1cccc(C(=O)Nc2ccc(I)cn2)c1NC(=O)c1ccc(C2=NCCN2C)cc1. The second-order valence-corrected chi connectivity index (χ2v) is 8.72. The van der Waals surface area contributed by atoms with Crippen molar-refractivity contribution in [3.8, 4) is 0 Å². The van der Waals surface area contributed by atoms with Crippen LogP contribution < -0.4 is 10.6 Å². The number of para-hydroxylation sites is 1. The van der Waals surface area contributed by atoms with Gasteiger partial charge in [0.05, 0.1) is 17.8 Å². The Bertz CT molecular complexity index is 1190. The van der Waals surface area contributed by atoms with Crippen LogP contribution in [0.15, 0.2) is 65.8 Å². The number of amidine groups is 1. The van der Waals surface area contributed by atoms with Gasteiger partial charge in [-0.15, -0.1) is 0 Å². The Labute approximate surface area is 200 Å². The smallest absolute Gasteiger partial charge is 0.258 e. The molecule has 32 heavy (non-hydrogen) atoms. The van der Waals surface area contributed by atoms with E-state index in [4.69, 9.17) is 0 Å². The molecule has 1 aliphatic heterocycles. The predicted octanol–water partition coefficient (Wildman–Crippen LogP) is 4.19. The number of carbonyl (C=O) groups is 2. The Kier molecular flexibility index (Phi) is 6.50. The summed E-state index contributed by atoms with van der Waals surface area (Å²) in [6.45, 7) is 3.53. The minimum atomic E-state index is -0.338. The van der Waals surface area contributed by atoms with E-state index in [0.29, 0.717) is 22.6 Å². The van der Waals surface area contributed by atoms with E-state index < -0.39 is 0 Å². The predicted molar refractivity (Wildman–Crippen MR) is 135 cm³/mol. The fourth-order valence-corrected chi connectivity index (χ4v) is 3.78. The van der Waals surface area contributed by atoms with E-state index in [-0.39, 0.29) is 11.8 Å². The molecule has 0 radical (unpaired) electrons. The van der Waals surface area contributed by atoms with Gasteiger partial charge in [0.1, 0.15) is 11.7 Å². The molecule has 0 atom stereocenters. The van der Waals surface area contributed by atoms with Gasteiger partial charge in [-0.1, -0.05) is 24.3 Å². The molecule has 0 bridgehead atoms. The number of likely N-dealkylation sites (N-methyl/N-ethyl adjacent to an activating group) is 1. The van der Waals surface area contributed by atoms with Crippen LogP contribution in [0.2, 0.25) is 0 Å². The lowest BCUT2D eigenvalue weighted by atomic mass is 10.1. The molecule has 2 amide bonds. The van der Waals surface area contributed by atoms with Crippen molar-refractivity contribution in [3.63, 3.8) is 0 Å². The van der Waals surface area contributed by atoms with Crippen molar-refractivity contribution in [1.29, 1.82) is 0 Å². The number of halogens is 1. The zero-order chi connectivity index (χ0) is 22.7. The second-order valence-electron chi connectivity index (χ2n) is 7.47. The molecule has 2 aromatic carbocycles. The second kappa shape index (κ2) is 9.47. The Balaban J connectivity index is 1.53. The Morgan fingerprint density at radius 3 is 2.44 bits per heavy atom. The number of benzene rings is 2. The standard InChI is InChI=1S/C24H22IN5O2/c1-15-4-3-5-19(24(32)28-20-11-10-18(25)14-27-20)21(15)29-23(31)17-8-6-16(7-9-17)22-26-12-13-30(22)2/h3-11,14H,12-13H2,1-2H3,(H,29,31)(H,27,28,32). The van der Waals surface area contributed by atoms with Gasteiger partial charge in [0.25, 0.3) is 11.8 Å². The third-order valence-corrected chi connectivity index (χ3v) is 5.83. The quantitative estimate of drug-likeness (QED) is 0.477. The summed E-state index contributed by atoms with van der Waals surface area (Å²) < 4.78 is 0.974. The third-order valence-electron chi connectivity index (χ3n) is 5.19. The van der Waals surface area contributed by atoms with Crippen molar-refractivity contribution in [3.05, 3.63) is 86.6 Å². The lowest BCUT2D eigenvalue weighted by Crippen LogP contribution is -2.23. The molecule has 0 saturated carbocycles. The zero-order valence-electron chi connectivity index (χ0n) is 17.7. The van der Waals surface area contributed by atoms with E-state index in [2.05, 4.69) is 48.1 Å². The number of carbonyl (C=O) groups excluding carboxylic acids is 2.